The maximum Gasteiger partial charge on any atom is 0.0720 e. The van der Waals surface area contributed by atoms with Gasteiger partial charge < -0.3 is 5.32 Å². The molecule has 2 nitrogen and oxygen atoms in total. The zero-order valence-electron chi connectivity index (χ0n) is 10.0. The highest BCUT2D eigenvalue weighted by molar-refractivity contribution is 9.10. The number of halogens is 2. The minimum atomic E-state index is 0.226. The number of pyridine rings is 1. The monoisotopic (exact) mass is 324 g/mol. The molecular weight excluding hydrogens is 312 g/mol. The third-order valence-corrected chi connectivity index (χ3v) is 3.58. The average molecular weight is 326 g/mol. The third kappa shape index (κ3) is 3.24. The van der Waals surface area contributed by atoms with Gasteiger partial charge in [-0.15, -0.1) is 0 Å². The largest absolute Gasteiger partial charge is 0.376 e. The molecule has 0 amide bonds. The highest BCUT2D eigenvalue weighted by atomic mass is 79.9. The van der Waals surface area contributed by atoms with Gasteiger partial charge in [-0.2, -0.15) is 0 Å². The third-order valence-electron chi connectivity index (χ3n) is 2.76. The summed E-state index contributed by atoms with van der Waals surface area (Å²) in [5, 5.41) is 4.12. The Hall–Kier alpha value is -1.06. The van der Waals surface area contributed by atoms with Crippen LogP contribution in [0.3, 0.4) is 0 Å². The van der Waals surface area contributed by atoms with E-state index in [1.165, 1.54) is 5.56 Å². The van der Waals surface area contributed by atoms with Crippen molar-refractivity contribution in [1.29, 1.82) is 0 Å². The summed E-state index contributed by atoms with van der Waals surface area (Å²) < 4.78 is 1.08. The van der Waals surface area contributed by atoms with E-state index in [2.05, 4.69) is 45.3 Å². The van der Waals surface area contributed by atoms with E-state index in [0.717, 1.165) is 16.6 Å². The van der Waals surface area contributed by atoms with Crippen molar-refractivity contribution in [2.24, 2.45) is 0 Å². The molecule has 0 spiro atoms. The molecule has 2 rings (SSSR count). The SMILES string of the molecule is CCC(Nc1cnccc1Cl)c1cccc(Br)c1. The number of aromatic nitrogens is 1. The lowest BCUT2D eigenvalue weighted by Crippen LogP contribution is -2.10. The summed E-state index contributed by atoms with van der Waals surface area (Å²) in [6, 6.07) is 10.3. The van der Waals surface area contributed by atoms with Crippen LogP contribution in [0.2, 0.25) is 5.02 Å². The lowest BCUT2D eigenvalue weighted by Gasteiger charge is -2.19. The molecule has 94 valence electrons. The van der Waals surface area contributed by atoms with Crippen molar-refractivity contribution < 1.29 is 0 Å². The van der Waals surface area contributed by atoms with Crippen LogP contribution in [0.15, 0.2) is 47.2 Å². The molecule has 0 fully saturated rings. The van der Waals surface area contributed by atoms with Crippen LogP contribution in [0, 0.1) is 0 Å². The molecular formula is C14H14BrClN2. The molecule has 0 radical (unpaired) electrons. The Balaban J connectivity index is 2.23. The maximum absolute atomic E-state index is 6.13. The van der Waals surface area contributed by atoms with E-state index in [0.29, 0.717) is 5.02 Å². The smallest absolute Gasteiger partial charge is 0.0720 e. The van der Waals surface area contributed by atoms with Crippen molar-refractivity contribution in [3.63, 3.8) is 0 Å². The molecule has 0 bridgehead atoms. The predicted octanol–water partition coefficient (Wildman–Crippen LogP) is 5.06. The molecule has 1 atom stereocenters. The van der Waals surface area contributed by atoms with Gasteiger partial charge in [-0.3, -0.25) is 4.98 Å². The summed E-state index contributed by atoms with van der Waals surface area (Å²) in [6.45, 7) is 2.14. The minimum absolute atomic E-state index is 0.226. The summed E-state index contributed by atoms with van der Waals surface area (Å²) in [5.41, 5.74) is 2.10. The maximum atomic E-state index is 6.13. The highest BCUT2D eigenvalue weighted by Gasteiger charge is 2.11. The summed E-state index contributed by atoms with van der Waals surface area (Å²) in [4.78, 5) is 4.09. The molecule has 2 aromatic rings. The molecule has 0 aliphatic heterocycles. The van der Waals surface area contributed by atoms with Gasteiger partial charge in [0.15, 0.2) is 0 Å². The average Bonchev–Trinajstić information content (AvgIpc) is 2.38. The van der Waals surface area contributed by atoms with E-state index in [1.54, 1.807) is 18.5 Å². The van der Waals surface area contributed by atoms with Gasteiger partial charge in [0.1, 0.15) is 0 Å². The number of benzene rings is 1. The van der Waals surface area contributed by atoms with Crippen molar-refractivity contribution in [2.45, 2.75) is 19.4 Å². The molecule has 1 N–H and O–H groups in total. The first-order chi connectivity index (χ1) is 8.70. The Kier molecular flexibility index (Phi) is 4.61. The van der Waals surface area contributed by atoms with Gasteiger partial charge in [0, 0.05) is 10.7 Å². The zero-order valence-corrected chi connectivity index (χ0v) is 12.4. The van der Waals surface area contributed by atoms with Gasteiger partial charge >= 0.3 is 0 Å². The standard InChI is InChI=1S/C14H14BrClN2/c1-2-13(10-4-3-5-11(15)8-10)18-14-9-17-7-6-12(14)16/h3-9,13,18H,2H2,1H3. The van der Waals surface area contributed by atoms with Crippen LogP contribution in [0.25, 0.3) is 0 Å². The molecule has 1 unspecified atom stereocenters. The van der Waals surface area contributed by atoms with Crippen molar-refractivity contribution in [3.05, 3.63) is 57.8 Å². The first-order valence-electron chi connectivity index (χ1n) is 5.82. The van der Waals surface area contributed by atoms with Crippen molar-refractivity contribution in [1.82, 2.24) is 4.98 Å². The fourth-order valence-corrected chi connectivity index (χ4v) is 2.39. The van der Waals surface area contributed by atoms with Crippen LogP contribution in [0.1, 0.15) is 24.9 Å². The first-order valence-corrected chi connectivity index (χ1v) is 6.99. The lowest BCUT2D eigenvalue weighted by molar-refractivity contribution is 0.748. The molecule has 1 heterocycles. The van der Waals surface area contributed by atoms with Gasteiger partial charge in [-0.25, -0.2) is 0 Å². The Morgan fingerprint density at radius 2 is 2.22 bits per heavy atom. The van der Waals surface area contributed by atoms with Crippen LogP contribution in [-0.4, -0.2) is 4.98 Å². The van der Waals surface area contributed by atoms with Crippen LogP contribution < -0.4 is 5.32 Å². The summed E-state index contributed by atoms with van der Waals surface area (Å²) in [6.07, 6.45) is 4.41. The Morgan fingerprint density at radius 3 is 2.89 bits per heavy atom. The Morgan fingerprint density at radius 1 is 1.39 bits per heavy atom. The van der Waals surface area contributed by atoms with E-state index < -0.39 is 0 Å². The Bertz CT molecular complexity index is 531. The van der Waals surface area contributed by atoms with Crippen molar-refractivity contribution in [2.75, 3.05) is 5.32 Å². The van der Waals surface area contributed by atoms with Gasteiger partial charge in [0.2, 0.25) is 0 Å². The van der Waals surface area contributed by atoms with E-state index in [4.69, 9.17) is 11.6 Å². The fourth-order valence-electron chi connectivity index (χ4n) is 1.82. The number of anilines is 1. The van der Waals surface area contributed by atoms with Crippen LogP contribution in [0.4, 0.5) is 5.69 Å². The second-order valence-corrected chi connectivity index (χ2v) is 5.34. The van der Waals surface area contributed by atoms with Gasteiger partial charge in [0.05, 0.1) is 22.9 Å². The summed E-state index contributed by atoms with van der Waals surface area (Å²) in [5.74, 6) is 0. The second-order valence-electron chi connectivity index (χ2n) is 4.02. The van der Waals surface area contributed by atoms with E-state index >= 15 is 0 Å². The van der Waals surface area contributed by atoms with Crippen LogP contribution in [0.5, 0.6) is 0 Å². The quantitative estimate of drug-likeness (QED) is 0.849. The Labute approximate surface area is 121 Å². The lowest BCUT2D eigenvalue weighted by atomic mass is 10.0. The number of hydrogen-bond acceptors (Lipinski definition) is 2. The number of hydrogen-bond donors (Lipinski definition) is 1. The highest BCUT2D eigenvalue weighted by Crippen LogP contribution is 2.28. The van der Waals surface area contributed by atoms with E-state index in [-0.39, 0.29) is 6.04 Å². The number of nitrogens with one attached hydrogen (secondary N) is 1. The van der Waals surface area contributed by atoms with Crippen LogP contribution in [-0.2, 0) is 0 Å². The fraction of sp³-hybridized carbons (Fsp3) is 0.214. The van der Waals surface area contributed by atoms with E-state index in [1.807, 2.05) is 12.1 Å². The van der Waals surface area contributed by atoms with Gasteiger partial charge in [-0.1, -0.05) is 46.6 Å². The topological polar surface area (TPSA) is 24.9 Å². The van der Waals surface area contributed by atoms with Crippen molar-refractivity contribution in [3.8, 4) is 0 Å². The molecule has 1 aromatic heterocycles. The first kappa shape index (κ1) is 13.4. The molecule has 4 heteroatoms. The molecule has 1 aromatic carbocycles. The predicted molar refractivity (Wildman–Crippen MR) is 80.0 cm³/mol. The summed E-state index contributed by atoms with van der Waals surface area (Å²) in [7, 11) is 0. The molecule has 0 aliphatic carbocycles. The zero-order chi connectivity index (χ0) is 13.0. The molecule has 0 saturated carbocycles. The normalized spacial score (nSPS) is 12.2. The minimum Gasteiger partial charge on any atom is -0.376 e. The van der Waals surface area contributed by atoms with Gasteiger partial charge in [0.25, 0.3) is 0 Å². The number of rotatable bonds is 4. The second kappa shape index (κ2) is 6.21. The van der Waals surface area contributed by atoms with Crippen molar-refractivity contribution >= 4 is 33.2 Å². The molecule has 0 saturated heterocycles. The van der Waals surface area contributed by atoms with Gasteiger partial charge in [-0.05, 0) is 30.2 Å². The number of nitrogens with zero attached hydrogens (tertiary/aromatic N) is 1. The summed E-state index contributed by atoms with van der Waals surface area (Å²) >= 11 is 9.63. The molecule has 18 heavy (non-hydrogen) atoms. The molecule has 0 aliphatic rings. The van der Waals surface area contributed by atoms with Crippen LogP contribution >= 0.6 is 27.5 Å². The van der Waals surface area contributed by atoms with E-state index in [9.17, 15) is 0 Å².